The number of carbonyl (C=O) groups excluding carboxylic acids is 1. The van der Waals surface area contributed by atoms with Gasteiger partial charge in [-0.15, -0.1) is 0 Å². The Morgan fingerprint density at radius 1 is 1.14 bits per heavy atom. The Morgan fingerprint density at radius 2 is 1.93 bits per heavy atom. The maximum Gasteiger partial charge on any atom is 0.255 e. The molecular formula is C22H20N4O2. The number of nitrogens with one attached hydrogen (secondary N) is 1. The highest BCUT2D eigenvalue weighted by molar-refractivity contribution is 6.04. The average molecular weight is 372 g/mol. The molecule has 3 rings (SSSR count). The molecule has 1 aromatic heterocycles. The van der Waals surface area contributed by atoms with Crippen molar-refractivity contribution in [3.8, 4) is 17.7 Å². The van der Waals surface area contributed by atoms with Crippen molar-refractivity contribution in [1.29, 1.82) is 5.26 Å². The summed E-state index contributed by atoms with van der Waals surface area (Å²) < 4.78 is 5.69. The van der Waals surface area contributed by atoms with Crippen LogP contribution in [-0.2, 0) is 5.41 Å². The van der Waals surface area contributed by atoms with Gasteiger partial charge in [-0.05, 0) is 49.7 Å². The van der Waals surface area contributed by atoms with E-state index >= 15 is 0 Å². The molecule has 28 heavy (non-hydrogen) atoms. The molecule has 3 N–H and O–H groups in total. The number of nitriles is 1. The van der Waals surface area contributed by atoms with Crippen LogP contribution in [0.2, 0.25) is 0 Å². The number of hydrogen-bond donors (Lipinski definition) is 2. The van der Waals surface area contributed by atoms with Crippen molar-refractivity contribution >= 4 is 17.3 Å². The van der Waals surface area contributed by atoms with Crippen molar-refractivity contribution in [2.24, 2.45) is 0 Å². The van der Waals surface area contributed by atoms with Gasteiger partial charge in [0.25, 0.3) is 5.91 Å². The number of carbonyl (C=O) groups is 1. The molecule has 0 fully saturated rings. The quantitative estimate of drug-likeness (QED) is 0.686. The third-order valence-electron chi connectivity index (χ3n) is 4.20. The van der Waals surface area contributed by atoms with Crippen LogP contribution in [0.25, 0.3) is 0 Å². The van der Waals surface area contributed by atoms with Gasteiger partial charge in [-0.25, -0.2) is 4.98 Å². The minimum atomic E-state index is -0.671. The van der Waals surface area contributed by atoms with Crippen LogP contribution in [0.4, 0.5) is 11.4 Å². The summed E-state index contributed by atoms with van der Waals surface area (Å²) in [6.45, 7) is 3.63. The van der Waals surface area contributed by atoms with E-state index in [2.05, 4.69) is 16.4 Å². The summed E-state index contributed by atoms with van der Waals surface area (Å²) in [4.78, 5) is 16.7. The summed E-state index contributed by atoms with van der Waals surface area (Å²) in [5.41, 5.74) is 7.35. The third-order valence-corrected chi connectivity index (χ3v) is 4.20. The fraction of sp³-hybridized carbons (Fsp3) is 0.136. The van der Waals surface area contributed by atoms with E-state index in [0.29, 0.717) is 28.6 Å². The van der Waals surface area contributed by atoms with E-state index in [1.165, 1.54) is 6.20 Å². The molecule has 0 bridgehead atoms. The lowest BCUT2D eigenvalue weighted by molar-refractivity contribution is 0.102. The van der Waals surface area contributed by atoms with Gasteiger partial charge in [-0.2, -0.15) is 5.26 Å². The van der Waals surface area contributed by atoms with E-state index in [9.17, 15) is 10.1 Å². The van der Waals surface area contributed by atoms with Gasteiger partial charge >= 0.3 is 0 Å². The van der Waals surface area contributed by atoms with Gasteiger partial charge in [0.05, 0.1) is 23.4 Å². The first-order chi connectivity index (χ1) is 13.4. The maximum absolute atomic E-state index is 12.6. The number of hydrogen-bond acceptors (Lipinski definition) is 5. The summed E-state index contributed by atoms with van der Waals surface area (Å²) >= 11 is 0. The van der Waals surface area contributed by atoms with E-state index in [1.807, 2.05) is 19.9 Å². The highest BCUT2D eigenvalue weighted by Crippen LogP contribution is 2.25. The van der Waals surface area contributed by atoms with Gasteiger partial charge < -0.3 is 15.8 Å². The van der Waals surface area contributed by atoms with Crippen molar-refractivity contribution < 1.29 is 9.53 Å². The molecule has 0 unspecified atom stereocenters. The average Bonchev–Trinajstić information content (AvgIpc) is 2.70. The Hall–Kier alpha value is -3.85. The Bertz CT molecular complexity index is 1040. The lowest BCUT2D eigenvalue weighted by Crippen LogP contribution is -2.17. The van der Waals surface area contributed by atoms with Crippen LogP contribution in [0.15, 0.2) is 66.9 Å². The molecule has 1 heterocycles. The Labute approximate surface area is 163 Å². The first-order valence-electron chi connectivity index (χ1n) is 8.70. The number of aromatic nitrogens is 1. The second-order valence-corrected chi connectivity index (χ2v) is 6.83. The lowest BCUT2D eigenvalue weighted by Gasteiger charge is -2.16. The fourth-order valence-corrected chi connectivity index (χ4v) is 2.53. The van der Waals surface area contributed by atoms with Crippen LogP contribution in [0.5, 0.6) is 11.6 Å². The maximum atomic E-state index is 12.6. The van der Waals surface area contributed by atoms with Gasteiger partial charge in [0.1, 0.15) is 5.75 Å². The SMILES string of the molecule is CC(C)(C#N)c1cccc(C(=O)Nc2cccc(Oc3ccc(N)cn3)c2)c1. The molecule has 6 nitrogen and oxygen atoms in total. The number of nitrogens with two attached hydrogens (primary N) is 1. The molecule has 0 saturated carbocycles. The largest absolute Gasteiger partial charge is 0.439 e. The third kappa shape index (κ3) is 4.46. The molecule has 0 radical (unpaired) electrons. The predicted molar refractivity (Wildman–Crippen MR) is 108 cm³/mol. The number of anilines is 2. The van der Waals surface area contributed by atoms with Gasteiger partial charge in [0.15, 0.2) is 0 Å². The molecule has 0 aliphatic heterocycles. The zero-order valence-corrected chi connectivity index (χ0v) is 15.6. The van der Waals surface area contributed by atoms with E-state index in [-0.39, 0.29) is 5.91 Å². The monoisotopic (exact) mass is 372 g/mol. The second kappa shape index (κ2) is 7.80. The molecule has 0 aliphatic carbocycles. The van der Waals surface area contributed by atoms with Gasteiger partial charge in [-0.1, -0.05) is 18.2 Å². The lowest BCUT2D eigenvalue weighted by atomic mass is 9.85. The van der Waals surface area contributed by atoms with Gasteiger partial charge in [0.2, 0.25) is 5.88 Å². The topological polar surface area (TPSA) is 101 Å². The van der Waals surface area contributed by atoms with Gasteiger partial charge in [0, 0.05) is 23.4 Å². The summed E-state index contributed by atoms with van der Waals surface area (Å²) in [6.07, 6.45) is 1.51. The van der Waals surface area contributed by atoms with Crippen LogP contribution in [0.1, 0.15) is 29.8 Å². The van der Waals surface area contributed by atoms with Crippen LogP contribution in [0, 0.1) is 11.3 Å². The Morgan fingerprint density at radius 3 is 2.64 bits per heavy atom. The summed E-state index contributed by atoms with van der Waals surface area (Å²) in [6, 6.07) is 19.7. The molecule has 6 heteroatoms. The standard InChI is InChI=1S/C22H20N4O2/c1-22(2,14-23)16-6-3-5-15(11-16)21(27)26-18-7-4-8-19(12-18)28-20-10-9-17(24)13-25-20/h3-13H,24H2,1-2H3,(H,26,27). The van der Waals surface area contributed by atoms with Crippen LogP contribution in [-0.4, -0.2) is 10.9 Å². The normalized spacial score (nSPS) is 10.8. The zero-order chi connectivity index (χ0) is 20.1. The van der Waals surface area contributed by atoms with Crippen molar-refractivity contribution in [2.75, 3.05) is 11.1 Å². The number of ether oxygens (including phenoxy) is 1. The van der Waals surface area contributed by atoms with Crippen molar-refractivity contribution in [3.63, 3.8) is 0 Å². The summed E-state index contributed by atoms with van der Waals surface area (Å²) in [5.74, 6) is 0.678. The number of nitrogen functional groups attached to an aromatic ring is 1. The molecule has 0 aliphatic rings. The number of nitrogens with zero attached hydrogens (tertiary/aromatic N) is 2. The Kier molecular flexibility index (Phi) is 5.28. The van der Waals surface area contributed by atoms with E-state index in [0.717, 1.165) is 5.56 Å². The predicted octanol–water partition coefficient (Wildman–Crippen LogP) is 4.51. The molecular weight excluding hydrogens is 352 g/mol. The first kappa shape index (κ1) is 18.9. The Balaban J connectivity index is 1.75. The van der Waals surface area contributed by atoms with Crippen LogP contribution < -0.4 is 15.8 Å². The molecule has 0 spiro atoms. The van der Waals surface area contributed by atoms with E-state index in [4.69, 9.17) is 10.5 Å². The molecule has 3 aromatic rings. The first-order valence-corrected chi connectivity index (χ1v) is 8.70. The van der Waals surface area contributed by atoms with Crippen molar-refractivity contribution in [3.05, 3.63) is 78.0 Å². The van der Waals surface area contributed by atoms with Crippen molar-refractivity contribution in [1.82, 2.24) is 4.98 Å². The fourth-order valence-electron chi connectivity index (χ4n) is 2.53. The minimum Gasteiger partial charge on any atom is -0.439 e. The highest BCUT2D eigenvalue weighted by atomic mass is 16.5. The molecule has 1 amide bonds. The second-order valence-electron chi connectivity index (χ2n) is 6.83. The molecule has 2 aromatic carbocycles. The number of rotatable bonds is 5. The summed E-state index contributed by atoms with van der Waals surface area (Å²) in [7, 11) is 0. The smallest absolute Gasteiger partial charge is 0.255 e. The molecule has 0 atom stereocenters. The van der Waals surface area contributed by atoms with Gasteiger partial charge in [-0.3, -0.25) is 4.79 Å². The van der Waals surface area contributed by atoms with E-state index in [1.54, 1.807) is 54.6 Å². The van der Waals surface area contributed by atoms with Crippen LogP contribution in [0.3, 0.4) is 0 Å². The minimum absolute atomic E-state index is 0.265. The van der Waals surface area contributed by atoms with E-state index < -0.39 is 5.41 Å². The highest BCUT2D eigenvalue weighted by Gasteiger charge is 2.20. The molecule has 0 saturated heterocycles. The number of amides is 1. The zero-order valence-electron chi connectivity index (χ0n) is 15.6. The number of benzene rings is 2. The number of pyridine rings is 1. The van der Waals surface area contributed by atoms with Crippen molar-refractivity contribution in [2.45, 2.75) is 19.3 Å². The summed E-state index contributed by atoms with van der Waals surface area (Å²) in [5, 5.41) is 12.2. The molecule has 140 valence electrons. The van der Waals surface area contributed by atoms with Crippen LogP contribution >= 0.6 is 0 Å².